The van der Waals surface area contributed by atoms with E-state index in [1.54, 1.807) is 24.3 Å². The van der Waals surface area contributed by atoms with Crippen LogP contribution in [0.3, 0.4) is 0 Å². The number of fused-ring (bicyclic) bond motifs is 4. The van der Waals surface area contributed by atoms with Crippen molar-refractivity contribution in [3.8, 4) is 46.5 Å². The minimum Gasteiger partial charge on any atom is -0.744 e. The number of aromatic nitrogens is 4. The van der Waals surface area contributed by atoms with Crippen molar-refractivity contribution in [1.29, 1.82) is 0 Å². The van der Waals surface area contributed by atoms with Crippen LogP contribution in [0.25, 0.3) is 55.2 Å². The zero-order valence-electron chi connectivity index (χ0n) is 43.6. The predicted octanol–water partition coefficient (Wildman–Crippen LogP) is 7.37. The summed E-state index contributed by atoms with van der Waals surface area (Å²) in [5, 5.41) is 7.76. The first-order valence-corrected chi connectivity index (χ1v) is 27.4. The van der Waals surface area contributed by atoms with E-state index in [0.717, 1.165) is 55.2 Å². The number of nitrogens with zero attached hydrogens (tertiary/aromatic N) is 4. The second-order valence-corrected chi connectivity index (χ2v) is 20.9. The van der Waals surface area contributed by atoms with Crippen molar-refractivity contribution in [3.05, 3.63) is 241 Å². The number of ether oxygens (including phenoxy) is 4. The third-order valence-corrected chi connectivity index (χ3v) is 14.4. The largest absolute Gasteiger partial charge is 1.00 e. The van der Waals surface area contributed by atoms with Crippen molar-refractivity contribution in [1.82, 2.24) is 19.9 Å². The Morgan fingerprint density at radius 1 is 0.366 bits per heavy atom. The number of aromatic amines is 2. The summed E-state index contributed by atoms with van der Waals surface area (Å²) in [5.74, 6) is 2.43. The fraction of sp³-hybridized carbons (Fsp3) is 0. The summed E-state index contributed by atoms with van der Waals surface area (Å²) in [7, 11) is -10.4. The number of nitrogens with one attached hydrogen (secondary N) is 2. The van der Waals surface area contributed by atoms with E-state index in [0.29, 0.717) is 23.0 Å². The van der Waals surface area contributed by atoms with E-state index in [2.05, 4.69) is 29.9 Å². The summed E-state index contributed by atoms with van der Waals surface area (Å²) in [4.78, 5) is 22.8. The summed E-state index contributed by atoms with van der Waals surface area (Å²) in [6.07, 6.45) is 2.40. The third kappa shape index (κ3) is 13.6. The van der Waals surface area contributed by atoms with Gasteiger partial charge in [-0.15, -0.1) is 0 Å². The van der Waals surface area contributed by atoms with Crippen LogP contribution in [-0.2, 0) is 20.2 Å². The molecule has 16 nitrogen and oxygen atoms in total. The van der Waals surface area contributed by atoms with Crippen LogP contribution in [0.15, 0.2) is 238 Å². The number of benzene rings is 10. The second kappa shape index (κ2) is 24.5. The van der Waals surface area contributed by atoms with Crippen LogP contribution in [0.5, 0.6) is 46.5 Å². The summed E-state index contributed by atoms with van der Waals surface area (Å²) in [6.45, 7) is 0. The van der Waals surface area contributed by atoms with Gasteiger partial charge in [0.2, 0.25) is 34.8 Å². The Balaban J connectivity index is 0.00000376. The molecule has 0 aliphatic rings. The average molecular weight is 1140 g/mol. The molecule has 0 aliphatic heterocycles. The molecule has 12 rings (SSSR count). The average Bonchev–Trinajstić information content (AvgIpc) is 3.46. The van der Waals surface area contributed by atoms with Gasteiger partial charge in [-0.3, -0.25) is 9.97 Å². The van der Waals surface area contributed by atoms with Gasteiger partial charge in [0.1, 0.15) is 43.2 Å². The number of hydrogen-bond donors (Lipinski definition) is 2. The number of hydrogen-bond acceptors (Lipinski definition) is 14. The maximum Gasteiger partial charge on any atom is 1.00 e. The normalized spacial score (nSPS) is 12.1. The topological polar surface area (TPSA) is 233 Å². The van der Waals surface area contributed by atoms with Crippen LogP contribution in [0.4, 0.5) is 11.4 Å². The first-order valence-electron chi connectivity index (χ1n) is 24.6. The van der Waals surface area contributed by atoms with E-state index in [4.69, 9.17) is 18.9 Å². The number of H-pyrrole nitrogens is 2. The van der Waals surface area contributed by atoms with Crippen LogP contribution in [0, 0.1) is 0 Å². The van der Waals surface area contributed by atoms with Crippen LogP contribution in [0.2, 0.25) is 0 Å². The Kier molecular flexibility index (Phi) is 17.0. The fourth-order valence-corrected chi connectivity index (χ4v) is 10.3. The van der Waals surface area contributed by atoms with Gasteiger partial charge in [-0.1, -0.05) is 146 Å². The molecule has 0 spiro atoms. The van der Waals surface area contributed by atoms with Gasteiger partial charge in [-0.2, -0.15) is 9.97 Å². The van der Waals surface area contributed by atoms with E-state index < -0.39 is 30.0 Å². The van der Waals surface area contributed by atoms with Gasteiger partial charge in [-0.25, -0.2) is 26.8 Å². The predicted molar refractivity (Wildman–Crippen MR) is 301 cm³/mol. The molecular weight excluding hydrogens is 1100 g/mol. The molecule has 0 saturated carbocycles. The van der Waals surface area contributed by atoms with Gasteiger partial charge in [0.25, 0.3) is 0 Å². The van der Waals surface area contributed by atoms with E-state index in [-0.39, 0.29) is 116 Å². The van der Waals surface area contributed by atoms with Crippen LogP contribution in [-0.4, -0.2) is 45.9 Å². The molecule has 2 heterocycles. The zero-order valence-corrected chi connectivity index (χ0v) is 49.3. The smallest absolute Gasteiger partial charge is 0.744 e. The number of rotatable bonds is 14. The molecule has 0 aliphatic carbocycles. The van der Waals surface area contributed by atoms with E-state index in [1.807, 2.05) is 146 Å². The molecule has 0 saturated heterocycles. The first kappa shape index (κ1) is 57.0. The molecular formula is C62H40N6Na2O10S2. The molecule has 0 amide bonds. The van der Waals surface area contributed by atoms with E-state index in [1.165, 1.54) is 48.6 Å². The second-order valence-electron chi connectivity index (χ2n) is 18.2. The molecule has 0 radical (unpaired) electrons. The Bertz CT molecular complexity index is 4340. The molecule has 392 valence electrons. The van der Waals surface area contributed by atoms with Crippen LogP contribution in [0.1, 0.15) is 11.1 Å². The first-order chi connectivity index (χ1) is 38.8. The standard InChI is InChI=1S/C62H42N6O10S2.2Na/c69-79(70,71)55-35-49(63-61-65-57(75-51-27-21-39-9-1-5-13-45(39)31-51)37-58(66-61)76-52-28-22-40-10-2-6-14-46(40)32-52)25-19-43(55)17-18-44-20-26-50(36-56(44)80(72,73)74)64-62-67-59(77-53-29-23-41-11-3-7-15-47(41)33-53)38-60(68-62)78-54-30-24-42-12-4-8-16-48(42)34-54;;/h1-38H,(H,63,65,66)(H,64,67,68)(H,69,70,71)(H,72,73,74);;/q;2*+1/p-2/b18-17+;;. The Hall–Kier alpha value is -8.24. The summed E-state index contributed by atoms with van der Waals surface area (Å²) in [6, 6.07) is 64.0. The summed E-state index contributed by atoms with van der Waals surface area (Å²) >= 11 is 0. The SMILES string of the molecule is O=S(=O)([O-])c1cc(N=c2nc(Oc3ccc4ccccc4c3)cc(Oc3ccc4ccccc4c3)[nH]2)ccc1/C=C/c1ccc(N=c2nc(Oc3ccc4ccccc4c3)cc(Oc3ccc4ccccc4c3)[nH]2)cc1S(=O)(=O)[O-].[Na+].[Na+]. The minimum absolute atomic E-state index is 0. The van der Waals surface area contributed by atoms with Gasteiger partial charge in [0.05, 0.1) is 33.3 Å². The molecule has 0 fully saturated rings. The molecule has 12 aromatic rings. The van der Waals surface area contributed by atoms with Crippen molar-refractivity contribution in [2.24, 2.45) is 9.98 Å². The quantitative estimate of drug-likeness (QED) is 0.0618. The van der Waals surface area contributed by atoms with Crippen LogP contribution < -0.4 is 89.3 Å². The van der Waals surface area contributed by atoms with Crippen molar-refractivity contribution in [2.45, 2.75) is 9.79 Å². The van der Waals surface area contributed by atoms with Gasteiger partial charge < -0.3 is 28.1 Å². The van der Waals surface area contributed by atoms with Crippen LogP contribution >= 0.6 is 0 Å². The molecule has 10 aromatic carbocycles. The molecule has 20 heteroatoms. The minimum atomic E-state index is -5.20. The molecule has 2 aromatic heterocycles. The Labute approximate surface area is 513 Å². The fourth-order valence-electron chi connectivity index (χ4n) is 8.90. The summed E-state index contributed by atoms with van der Waals surface area (Å²) in [5.41, 5.74) is -0.411. The third-order valence-electron chi connectivity index (χ3n) is 12.6. The molecule has 0 bridgehead atoms. The monoisotopic (exact) mass is 1140 g/mol. The summed E-state index contributed by atoms with van der Waals surface area (Å²) < 4.78 is 102. The Morgan fingerprint density at radius 3 is 0.988 bits per heavy atom. The van der Waals surface area contributed by atoms with Gasteiger partial charge in [0, 0.05) is 0 Å². The molecule has 0 unspecified atom stereocenters. The maximum absolute atomic E-state index is 12.9. The van der Waals surface area contributed by atoms with E-state index in [9.17, 15) is 25.9 Å². The van der Waals surface area contributed by atoms with Crippen molar-refractivity contribution < 1.29 is 104 Å². The van der Waals surface area contributed by atoms with Gasteiger partial charge in [-0.05, 0) is 127 Å². The van der Waals surface area contributed by atoms with Gasteiger partial charge >= 0.3 is 59.1 Å². The zero-order chi connectivity index (χ0) is 54.8. The Morgan fingerprint density at radius 2 is 0.671 bits per heavy atom. The molecule has 2 N–H and O–H groups in total. The van der Waals surface area contributed by atoms with Crippen molar-refractivity contribution in [2.75, 3.05) is 0 Å². The van der Waals surface area contributed by atoms with Gasteiger partial charge in [0.15, 0.2) is 0 Å². The maximum atomic E-state index is 12.9. The van der Waals surface area contributed by atoms with Crippen molar-refractivity contribution in [3.63, 3.8) is 0 Å². The van der Waals surface area contributed by atoms with Crippen molar-refractivity contribution >= 4 is 86.9 Å². The molecule has 82 heavy (non-hydrogen) atoms. The molecule has 0 atom stereocenters. The van der Waals surface area contributed by atoms with E-state index >= 15 is 0 Å².